The van der Waals surface area contributed by atoms with E-state index in [0.29, 0.717) is 17.5 Å². The van der Waals surface area contributed by atoms with Crippen LogP contribution in [-0.4, -0.2) is 44.9 Å². The maximum atomic E-state index is 11.4. The van der Waals surface area contributed by atoms with E-state index in [1.807, 2.05) is 13.8 Å². The van der Waals surface area contributed by atoms with Crippen molar-refractivity contribution in [2.24, 2.45) is 0 Å². The average Bonchev–Trinajstić information content (AvgIpc) is 2.95. The standard InChI is InChI=1S/C12H16N6O2/c1-7(2)10-15-8(13-3)5-9(16-10)18-6-14-11(17-18)12(19)20-4/h5-7H,1-4H3,(H,13,15,16). The normalized spacial score (nSPS) is 10.7. The summed E-state index contributed by atoms with van der Waals surface area (Å²) in [6.07, 6.45) is 1.41. The summed E-state index contributed by atoms with van der Waals surface area (Å²) in [5.74, 6) is 1.47. The highest BCUT2D eigenvalue weighted by atomic mass is 16.5. The van der Waals surface area contributed by atoms with Crippen LogP contribution in [0.2, 0.25) is 0 Å². The minimum atomic E-state index is -0.587. The van der Waals surface area contributed by atoms with Crippen molar-refractivity contribution in [2.45, 2.75) is 19.8 Å². The van der Waals surface area contributed by atoms with Gasteiger partial charge in [-0.25, -0.2) is 24.4 Å². The van der Waals surface area contributed by atoms with Crippen LogP contribution in [0.15, 0.2) is 12.4 Å². The molecule has 8 nitrogen and oxygen atoms in total. The van der Waals surface area contributed by atoms with Gasteiger partial charge in [-0.3, -0.25) is 0 Å². The highest BCUT2D eigenvalue weighted by Gasteiger charge is 2.14. The quantitative estimate of drug-likeness (QED) is 0.832. The lowest BCUT2D eigenvalue weighted by atomic mass is 10.2. The van der Waals surface area contributed by atoms with Crippen LogP contribution < -0.4 is 5.32 Å². The molecule has 0 saturated carbocycles. The molecule has 2 heterocycles. The fraction of sp³-hybridized carbons (Fsp3) is 0.417. The van der Waals surface area contributed by atoms with Crippen LogP contribution in [0.5, 0.6) is 0 Å². The van der Waals surface area contributed by atoms with Gasteiger partial charge < -0.3 is 10.1 Å². The van der Waals surface area contributed by atoms with Gasteiger partial charge in [-0.15, -0.1) is 5.10 Å². The Morgan fingerprint density at radius 3 is 2.75 bits per heavy atom. The largest absolute Gasteiger partial charge is 0.463 e. The molecule has 0 fully saturated rings. The zero-order chi connectivity index (χ0) is 14.7. The lowest BCUT2D eigenvalue weighted by Crippen LogP contribution is -2.09. The second-order valence-electron chi connectivity index (χ2n) is 4.38. The number of carbonyl (C=O) groups is 1. The molecule has 0 aliphatic heterocycles. The number of nitrogens with zero attached hydrogens (tertiary/aromatic N) is 5. The van der Waals surface area contributed by atoms with Gasteiger partial charge in [0.05, 0.1) is 7.11 Å². The molecular weight excluding hydrogens is 260 g/mol. The Balaban J connectivity index is 2.43. The Morgan fingerprint density at radius 1 is 1.40 bits per heavy atom. The minimum Gasteiger partial charge on any atom is -0.463 e. The molecule has 0 aliphatic carbocycles. The van der Waals surface area contributed by atoms with Crippen molar-refractivity contribution in [3.63, 3.8) is 0 Å². The number of hydrogen-bond donors (Lipinski definition) is 1. The maximum absolute atomic E-state index is 11.4. The smallest absolute Gasteiger partial charge is 0.377 e. The fourth-order valence-corrected chi connectivity index (χ4v) is 1.51. The Morgan fingerprint density at radius 2 is 2.15 bits per heavy atom. The molecule has 20 heavy (non-hydrogen) atoms. The predicted molar refractivity (Wildman–Crippen MR) is 71.9 cm³/mol. The first-order valence-electron chi connectivity index (χ1n) is 6.12. The molecule has 0 radical (unpaired) electrons. The first-order valence-corrected chi connectivity index (χ1v) is 6.12. The highest BCUT2D eigenvalue weighted by Crippen LogP contribution is 2.15. The fourth-order valence-electron chi connectivity index (χ4n) is 1.51. The van der Waals surface area contributed by atoms with Crippen LogP contribution in [0.1, 0.15) is 36.2 Å². The van der Waals surface area contributed by atoms with Crippen LogP contribution in [0, 0.1) is 0 Å². The summed E-state index contributed by atoms with van der Waals surface area (Å²) >= 11 is 0. The summed E-state index contributed by atoms with van der Waals surface area (Å²) in [6.45, 7) is 4.00. The molecule has 0 bridgehead atoms. The second kappa shape index (κ2) is 5.64. The van der Waals surface area contributed by atoms with Crippen molar-refractivity contribution in [1.82, 2.24) is 24.7 Å². The molecule has 0 aliphatic rings. The zero-order valence-electron chi connectivity index (χ0n) is 11.8. The number of nitrogens with one attached hydrogen (secondary N) is 1. The molecule has 2 rings (SSSR count). The van der Waals surface area contributed by atoms with Gasteiger partial charge in [0, 0.05) is 19.0 Å². The van der Waals surface area contributed by atoms with E-state index in [0.717, 1.165) is 0 Å². The molecule has 8 heteroatoms. The van der Waals surface area contributed by atoms with Crippen LogP contribution in [-0.2, 0) is 4.74 Å². The molecule has 106 valence electrons. The van der Waals surface area contributed by atoms with Crippen LogP contribution in [0.3, 0.4) is 0 Å². The van der Waals surface area contributed by atoms with Crippen molar-refractivity contribution in [1.29, 1.82) is 0 Å². The summed E-state index contributed by atoms with van der Waals surface area (Å²) in [5.41, 5.74) is 0. The van der Waals surface area contributed by atoms with E-state index in [1.165, 1.54) is 18.1 Å². The molecule has 2 aromatic rings. The SMILES string of the molecule is CNc1cc(-n2cnc(C(=O)OC)n2)nc(C(C)C)n1. The number of anilines is 1. The van der Waals surface area contributed by atoms with Gasteiger partial charge >= 0.3 is 5.97 Å². The third-order valence-corrected chi connectivity index (χ3v) is 2.60. The molecular formula is C12H16N6O2. The topological polar surface area (TPSA) is 94.8 Å². The van der Waals surface area contributed by atoms with Gasteiger partial charge in [0.15, 0.2) is 5.82 Å². The molecule has 2 aromatic heterocycles. The first kappa shape index (κ1) is 13.9. The second-order valence-corrected chi connectivity index (χ2v) is 4.38. The van der Waals surface area contributed by atoms with Crippen molar-refractivity contribution in [2.75, 3.05) is 19.5 Å². The Hall–Kier alpha value is -2.51. The van der Waals surface area contributed by atoms with Crippen LogP contribution in [0.4, 0.5) is 5.82 Å². The van der Waals surface area contributed by atoms with E-state index in [1.54, 1.807) is 13.1 Å². The minimum absolute atomic E-state index is 0.0109. The highest BCUT2D eigenvalue weighted by molar-refractivity contribution is 5.84. The molecule has 0 aromatic carbocycles. The Kier molecular flexibility index (Phi) is 3.92. The summed E-state index contributed by atoms with van der Waals surface area (Å²) < 4.78 is 5.99. The summed E-state index contributed by atoms with van der Waals surface area (Å²) in [5, 5.41) is 7.01. The lowest BCUT2D eigenvalue weighted by molar-refractivity contribution is 0.0587. The average molecular weight is 276 g/mol. The first-order chi connectivity index (χ1) is 9.55. The number of esters is 1. The number of hydrogen-bond acceptors (Lipinski definition) is 7. The lowest BCUT2D eigenvalue weighted by Gasteiger charge is -2.09. The molecule has 1 N–H and O–H groups in total. The van der Waals surface area contributed by atoms with E-state index in [4.69, 9.17) is 0 Å². The Bertz CT molecular complexity index is 622. The van der Waals surface area contributed by atoms with E-state index in [9.17, 15) is 4.79 Å². The van der Waals surface area contributed by atoms with E-state index in [2.05, 4.69) is 30.1 Å². The Labute approximate surface area is 116 Å². The van der Waals surface area contributed by atoms with E-state index >= 15 is 0 Å². The van der Waals surface area contributed by atoms with Crippen molar-refractivity contribution in [3.8, 4) is 5.82 Å². The molecule has 0 saturated heterocycles. The van der Waals surface area contributed by atoms with Crippen molar-refractivity contribution >= 4 is 11.8 Å². The summed E-state index contributed by atoms with van der Waals surface area (Å²) in [6, 6.07) is 1.72. The van der Waals surface area contributed by atoms with Crippen LogP contribution >= 0.6 is 0 Å². The van der Waals surface area contributed by atoms with Gasteiger partial charge in [-0.1, -0.05) is 13.8 Å². The van der Waals surface area contributed by atoms with Gasteiger partial charge in [0.2, 0.25) is 0 Å². The number of rotatable bonds is 4. The molecule has 0 atom stereocenters. The molecule has 0 unspecified atom stereocenters. The van der Waals surface area contributed by atoms with E-state index < -0.39 is 5.97 Å². The number of ether oxygens (including phenoxy) is 1. The summed E-state index contributed by atoms with van der Waals surface area (Å²) in [4.78, 5) is 24.0. The van der Waals surface area contributed by atoms with Crippen molar-refractivity contribution in [3.05, 3.63) is 24.0 Å². The van der Waals surface area contributed by atoms with Crippen LogP contribution in [0.25, 0.3) is 5.82 Å². The summed E-state index contributed by atoms with van der Waals surface area (Å²) in [7, 11) is 3.06. The van der Waals surface area contributed by atoms with E-state index in [-0.39, 0.29) is 11.7 Å². The third-order valence-electron chi connectivity index (χ3n) is 2.60. The number of carbonyl (C=O) groups excluding carboxylic acids is 1. The van der Waals surface area contributed by atoms with Gasteiger partial charge in [0.1, 0.15) is 18.0 Å². The number of aromatic nitrogens is 5. The van der Waals surface area contributed by atoms with Gasteiger partial charge in [0.25, 0.3) is 5.82 Å². The molecule has 0 amide bonds. The monoisotopic (exact) mass is 276 g/mol. The van der Waals surface area contributed by atoms with Crippen molar-refractivity contribution < 1.29 is 9.53 Å². The maximum Gasteiger partial charge on any atom is 0.377 e. The van der Waals surface area contributed by atoms with Gasteiger partial charge in [-0.05, 0) is 0 Å². The zero-order valence-corrected chi connectivity index (χ0v) is 11.8. The number of methoxy groups -OCH3 is 1. The van der Waals surface area contributed by atoms with Gasteiger partial charge in [-0.2, -0.15) is 0 Å². The predicted octanol–water partition coefficient (Wildman–Crippen LogP) is 1.01. The molecule has 0 spiro atoms. The third kappa shape index (κ3) is 2.73.